The number of benzene rings is 2. The van der Waals surface area contributed by atoms with Crippen molar-refractivity contribution >= 4 is 18.0 Å². The van der Waals surface area contributed by atoms with Crippen LogP contribution in [0.5, 0.6) is 5.75 Å². The topological polar surface area (TPSA) is 119 Å². The summed E-state index contributed by atoms with van der Waals surface area (Å²) in [6, 6.07) is 20.5. The maximum atomic E-state index is 12.2. The summed E-state index contributed by atoms with van der Waals surface area (Å²) in [6.45, 7) is 6.24. The number of nitrogens with two attached hydrogens (primary N) is 1. The van der Waals surface area contributed by atoms with Gasteiger partial charge in [-0.25, -0.2) is 14.3 Å². The minimum Gasteiger partial charge on any atom is -0.465 e. The summed E-state index contributed by atoms with van der Waals surface area (Å²) in [5, 5.41) is 14.6. The first kappa shape index (κ1) is 21.5. The van der Waals surface area contributed by atoms with Gasteiger partial charge in [-0.15, -0.1) is 0 Å². The van der Waals surface area contributed by atoms with Crippen molar-refractivity contribution in [3.05, 3.63) is 72.4 Å². The average Bonchev–Trinajstić information content (AvgIpc) is 3.07. The van der Waals surface area contributed by atoms with Crippen LogP contribution in [-0.2, 0) is 5.41 Å². The highest BCUT2D eigenvalue weighted by molar-refractivity contribution is 5.85. The molecule has 2 amide bonds. The number of rotatable bonds is 3. The van der Waals surface area contributed by atoms with E-state index in [9.17, 15) is 4.79 Å². The Morgan fingerprint density at radius 1 is 1.03 bits per heavy atom. The largest absolute Gasteiger partial charge is 0.465 e. The predicted octanol–water partition coefficient (Wildman–Crippen LogP) is 4.40. The van der Waals surface area contributed by atoms with Gasteiger partial charge < -0.3 is 15.6 Å². The Labute approximate surface area is 168 Å². The van der Waals surface area contributed by atoms with Crippen LogP contribution in [0.15, 0.2) is 66.7 Å². The molecular weight excluding hydrogens is 372 g/mol. The van der Waals surface area contributed by atoms with Gasteiger partial charge in [0.2, 0.25) is 0 Å². The maximum Gasteiger partial charge on any atom is 0.418 e. The van der Waals surface area contributed by atoms with Crippen LogP contribution in [0, 0.1) is 0 Å². The quantitative estimate of drug-likeness (QED) is 0.606. The molecule has 0 atom stereocenters. The molecular formula is C21H24N4O4. The van der Waals surface area contributed by atoms with Crippen LogP contribution in [0.4, 0.5) is 15.4 Å². The van der Waals surface area contributed by atoms with Crippen molar-refractivity contribution in [2.75, 3.05) is 5.32 Å². The highest BCUT2D eigenvalue weighted by Gasteiger charge is 2.21. The maximum absolute atomic E-state index is 12.2. The number of carbonyl (C=O) groups excluding carboxylic acids is 1. The van der Waals surface area contributed by atoms with Crippen LogP contribution in [0.25, 0.3) is 5.69 Å². The summed E-state index contributed by atoms with van der Waals surface area (Å²) < 4.78 is 7.03. The number of nitrogens with one attached hydrogen (secondary N) is 1. The summed E-state index contributed by atoms with van der Waals surface area (Å²) in [7, 11) is 0. The SMILES string of the molecule is CC(C)(C)c1cc(NC(=O)Oc2ccccc2)n(-c2ccccc2)n1.NC(=O)O. The molecule has 3 rings (SSSR count). The van der Waals surface area contributed by atoms with Crippen molar-refractivity contribution in [2.45, 2.75) is 26.2 Å². The van der Waals surface area contributed by atoms with Crippen LogP contribution < -0.4 is 15.8 Å². The Morgan fingerprint density at radius 2 is 1.55 bits per heavy atom. The van der Waals surface area contributed by atoms with Gasteiger partial charge in [0.1, 0.15) is 11.6 Å². The number of ether oxygens (including phenoxy) is 1. The fourth-order valence-corrected chi connectivity index (χ4v) is 2.33. The first-order valence-electron chi connectivity index (χ1n) is 8.85. The first-order valence-corrected chi connectivity index (χ1v) is 8.85. The van der Waals surface area contributed by atoms with Crippen molar-refractivity contribution in [2.24, 2.45) is 5.73 Å². The number of hydrogen-bond acceptors (Lipinski definition) is 4. The average molecular weight is 396 g/mol. The van der Waals surface area contributed by atoms with E-state index in [4.69, 9.17) is 14.6 Å². The molecule has 2 aromatic carbocycles. The number of primary amides is 1. The number of carboxylic acid groups (broad SMARTS) is 1. The van der Waals surface area contributed by atoms with Gasteiger partial charge in [-0.2, -0.15) is 5.10 Å². The molecule has 3 aromatic rings. The van der Waals surface area contributed by atoms with Crippen LogP contribution in [0.2, 0.25) is 0 Å². The Kier molecular flexibility index (Phi) is 6.97. The molecule has 1 aromatic heterocycles. The second kappa shape index (κ2) is 9.41. The molecule has 0 aliphatic rings. The zero-order valence-electron chi connectivity index (χ0n) is 16.5. The standard InChI is InChI=1S/C20H21N3O2.CH3NO2/c1-20(2,3)17-14-18(23(22-17)15-10-6-4-7-11-15)21-19(24)25-16-12-8-5-9-13-16;2-1(3)4/h4-14H,1-3H3,(H,21,24);2H2,(H,3,4). The molecule has 0 unspecified atom stereocenters. The van der Waals surface area contributed by atoms with Crippen LogP contribution in [0.3, 0.4) is 0 Å². The Bertz CT molecular complexity index is 944. The number of anilines is 1. The fraction of sp³-hybridized carbons (Fsp3) is 0.190. The van der Waals surface area contributed by atoms with E-state index in [0.29, 0.717) is 11.6 Å². The Balaban J connectivity index is 0.000000687. The minimum absolute atomic E-state index is 0.139. The van der Waals surface area contributed by atoms with E-state index in [0.717, 1.165) is 11.4 Å². The molecule has 4 N–H and O–H groups in total. The molecule has 8 heteroatoms. The summed E-state index contributed by atoms with van der Waals surface area (Å²) in [4.78, 5) is 21.0. The zero-order chi connectivity index (χ0) is 21.4. The van der Waals surface area contributed by atoms with Gasteiger partial charge in [0, 0.05) is 11.5 Å². The molecule has 0 fully saturated rings. The van der Waals surface area contributed by atoms with Crippen LogP contribution in [-0.4, -0.2) is 27.1 Å². The predicted molar refractivity (Wildman–Crippen MR) is 111 cm³/mol. The number of aromatic nitrogens is 2. The van der Waals surface area contributed by atoms with Gasteiger partial charge in [-0.1, -0.05) is 57.2 Å². The van der Waals surface area contributed by atoms with Gasteiger partial charge in [0.25, 0.3) is 0 Å². The van der Waals surface area contributed by atoms with Gasteiger partial charge in [-0.05, 0) is 24.3 Å². The van der Waals surface area contributed by atoms with Gasteiger partial charge >= 0.3 is 12.2 Å². The van der Waals surface area contributed by atoms with E-state index in [-0.39, 0.29) is 5.41 Å². The molecule has 29 heavy (non-hydrogen) atoms. The lowest BCUT2D eigenvalue weighted by molar-refractivity contribution is 0.205. The summed E-state index contributed by atoms with van der Waals surface area (Å²) in [5.74, 6) is 1.05. The van der Waals surface area contributed by atoms with E-state index < -0.39 is 12.2 Å². The van der Waals surface area contributed by atoms with E-state index in [1.54, 1.807) is 16.8 Å². The van der Waals surface area contributed by atoms with Crippen molar-refractivity contribution in [3.63, 3.8) is 0 Å². The highest BCUT2D eigenvalue weighted by Crippen LogP contribution is 2.26. The molecule has 0 aliphatic heterocycles. The molecule has 0 saturated carbocycles. The lowest BCUT2D eigenvalue weighted by atomic mass is 9.92. The molecule has 0 bridgehead atoms. The Hall–Kier alpha value is -3.81. The fourth-order valence-electron chi connectivity index (χ4n) is 2.33. The van der Waals surface area contributed by atoms with E-state index in [1.165, 1.54) is 0 Å². The minimum atomic E-state index is -1.33. The first-order chi connectivity index (χ1) is 13.7. The van der Waals surface area contributed by atoms with Crippen LogP contribution in [0.1, 0.15) is 26.5 Å². The molecule has 1 heterocycles. The normalized spacial score (nSPS) is 10.4. The van der Waals surface area contributed by atoms with Gasteiger partial charge in [-0.3, -0.25) is 5.32 Å². The lowest BCUT2D eigenvalue weighted by Gasteiger charge is -2.14. The third-order valence-electron chi connectivity index (χ3n) is 3.66. The number of amides is 2. The molecule has 0 spiro atoms. The second-order valence-electron chi connectivity index (χ2n) is 7.08. The number of carbonyl (C=O) groups is 2. The van der Waals surface area contributed by atoms with Crippen molar-refractivity contribution in [1.29, 1.82) is 0 Å². The van der Waals surface area contributed by atoms with Crippen molar-refractivity contribution < 1.29 is 19.4 Å². The molecule has 152 valence electrons. The zero-order valence-corrected chi connectivity index (χ0v) is 16.5. The van der Waals surface area contributed by atoms with Crippen molar-refractivity contribution in [3.8, 4) is 11.4 Å². The molecule has 0 aliphatic carbocycles. The molecule has 0 saturated heterocycles. The summed E-state index contributed by atoms with van der Waals surface area (Å²) in [6.07, 6.45) is -1.89. The smallest absolute Gasteiger partial charge is 0.418 e. The van der Waals surface area contributed by atoms with E-state index in [2.05, 4.69) is 36.9 Å². The monoisotopic (exact) mass is 396 g/mol. The highest BCUT2D eigenvalue weighted by atomic mass is 16.6. The van der Waals surface area contributed by atoms with E-state index >= 15 is 0 Å². The van der Waals surface area contributed by atoms with Gasteiger partial charge in [0.05, 0.1) is 11.4 Å². The Morgan fingerprint density at radius 3 is 2.07 bits per heavy atom. The molecule has 8 nitrogen and oxygen atoms in total. The number of hydrogen-bond donors (Lipinski definition) is 3. The van der Waals surface area contributed by atoms with Crippen molar-refractivity contribution in [1.82, 2.24) is 9.78 Å². The summed E-state index contributed by atoms with van der Waals surface area (Å²) >= 11 is 0. The van der Waals surface area contributed by atoms with Gasteiger partial charge in [0.15, 0.2) is 0 Å². The third kappa shape index (κ3) is 6.69. The lowest BCUT2D eigenvalue weighted by Crippen LogP contribution is -2.19. The number of nitrogens with zero attached hydrogens (tertiary/aromatic N) is 2. The van der Waals surface area contributed by atoms with E-state index in [1.807, 2.05) is 54.6 Å². The summed E-state index contributed by atoms with van der Waals surface area (Å²) in [5.41, 5.74) is 5.64. The molecule has 0 radical (unpaired) electrons. The second-order valence-corrected chi connectivity index (χ2v) is 7.08. The van der Waals surface area contributed by atoms with Crippen LogP contribution >= 0.6 is 0 Å². The number of para-hydroxylation sites is 2. The third-order valence-corrected chi connectivity index (χ3v) is 3.66.